The number of rotatable bonds is 0. The molecule has 7 atom stereocenters. The Hall–Kier alpha value is 0. The fraction of sp³-hybridized carbons (Fsp3) is 1.00. The molecule has 4 fully saturated rings. The van der Waals surface area contributed by atoms with Crippen LogP contribution in [0.3, 0.4) is 0 Å². The van der Waals surface area contributed by atoms with Gasteiger partial charge in [0.25, 0.3) is 0 Å². The zero-order chi connectivity index (χ0) is 14.8. The molecule has 4 aliphatic carbocycles. The lowest BCUT2D eigenvalue weighted by Crippen LogP contribution is -2.49. The van der Waals surface area contributed by atoms with E-state index < -0.39 is 0 Å². The van der Waals surface area contributed by atoms with Crippen molar-refractivity contribution in [3.05, 3.63) is 0 Å². The smallest absolute Gasteiger partial charge is 0.0243 e. The molecule has 7 unspecified atom stereocenters. The molecule has 0 nitrogen and oxygen atoms in total. The average molecular weight is 289 g/mol. The summed E-state index contributed by atoms with van der Waals surface area (Å²) in [7, 11) is 0. The molecule has 0 heterocycles. The van der Waals surface area contributed by atoms with Gasteiger partial charge in [-0.3, -0.25) is 0 Å². The lowest BCUT2D eigenvalue weighted by molar-refractivity contribution is -0.0824. The monoisotopic (exact) mass is 288 g/mol. The van der Waals surface area contributed by atoms with Crippen molar-refractivity contribution in [3.63, 3.8) is 0 Å². The highest BCUT2D eigenvalue weighted by Crippen LogP contribution is 2.67. The molecule has 0 aromatic rings. The molecule has 4 aliphatic rings. The molecule has 0 bridgehead atoms. The van der Waals surface area contributed by atoms with Crippen LogP contribution in [0.5, 0.6) is 0 Å². The van der Waals surface area contributed by atoms with Gasteiger partial charge in [-0.05, 0) is 97.7 Å². The maximum Gasteiger partial charge on any atom is -0.0243 e. The van der Waals surface area contributed by atoms with Crippen molar-refractivity contribution in [2.24, 2.45) is 46.3 Å². The molecule has 0 aromatic carbocycles. The van der Waals surface area contributed by atoms with Crippen molar-refractivity contribution in [2.45, 2.75) is 85.5 Å². The summed E-state index contributed by atoms with van der Waals surface area (Å²) in [5.74, 6) is 6.51. The Morgan fingerprint density at radius 1 is 0.714 bits per heavy atom. The fourth-order valence-electron chi connectivity index (χ4n) is 7.58. The Bertz CT molecular complexity index is 408. The fourth-order valence-corrected chi connectivity index (χ4v) is 7.58. The summed E-state index contributed by atoms with van der Waals surface area (Å²) in [4.78, 5) is 0. The zero-order valence-corrected chi connectivity index (χ0v) is 14.8. The van der Waals surface area contributed by atoms with Gasteiger partial charge in [-0.15, -0.1) is 0 Å². The molecule has 0 aliphatic heterocycles. The molecule has 0 N–H and O–H groups in total. The van der Waals surface area contributed by atoms with Gasteiger partial charge in [-0.1, -0.05) is 34.1 Å². The van der Waals surface area contributed by atoms with E-state index in [1.54, 1.807) is 38.5 Å². The third kappa shape index (κ3) is 1.99. The molecule has 21 heavy (non-hydrogen) atoms. The number of hydrogen-bond donors (Lipinski definition) is 0. The molecule has 0 heteroatoms. The van der Waals surface area contributed by atoms with Gasteiger partial charge in [-0.2, -0.15) is 0 Å². The Balaban J connectivity index is 1.58. The van der Waals surface area contributed by atoms with Crippen molar-refractivity contribution in [1.29, 1.82) is 0 Å². The lowest BCUT2D eigenvalue weighted by Gasteiger charge is -2.57. The van der Waals surface area contributed by atoms with E-state index >= 15 is 0 Å². The van der Waals surface area contributed by atoms with Gasteiger partial charge in [0, 0.05) is 0 Å². The number of fused-ring (bicyclic) bond motifs is 5. The Morgan fingerprint density at radius 3 is 2.29 bits per heavy atom. The first-order valence-corrected chi connectivity index (χ1v) is 9.92. The third-order valence-corrected chi connectivity index (χ3v) is 9.23. The van der Waals surface area contributed by atoms with Crippen LogP contribution in [0.25, 0.3) is 0 Å². The van der Waals surface area contributed by atoms with E-state index in [2.05, 4.69) is 27.7 Å². The van der Waals surface area contributed by atoms with Crippen LogP contribution in [0.15, 0.2) is 0 Å². The van der Waals surface area contributed by atoms with Crippen LogP contribution in [-0.2, 0) is 0 Å². The van der Waals surface area contributed by atoms with E-state index in [1.165, 1.54) is 19.3 Å². The number of hydrogen-bond acceptors (Lipinski definition) is 0. The third-order valence-electron chi connectivity index (χ3n) is 9.23. The van der Waals surface area contributed by atoms with Gasteiger partial charge >= 0.3 is 0 Å². The second-order valence-electron chi connectivity index (χ2n) is 10.2. The largest absolute Gasteiger partial charge is 0.0625 e. The summed E-state index contributed by atoms with van der Waals surface area (Å²) in [5, 5.41) is 0. The van der Waals surface area contributed by atoms with Crippen molar-refractivity contribution < 1.29 is 0 Å². The van der Waals surface area contributed by atoms with Crippen LogP contribution in [0.2, 0.25) is 0 Å². The highest BCUT2D eigenvalue weighted by atomic mass is 14.6. The standard InChI is InChI=1S/C21H36/c1-14-5-7-16-15(13-14)6-8-18-17(16)9-12-21(4)19(18)10-11-20(21,2)3/h14-19H,5-13H2,1-4H3. The quantitative estimate of drug-likeness (QED) is 0.490. The van der Waals surface area contributed by atoms with Crippen LogP contribution < -0.4 is 0 Å². The second kappa shape index (κ2) is 4.75. The maximum absolute atomic E-state index is 2.66. The molecule has 0 saturated heterocycles. The molecule has 4 saturated carbocycles. The Morgan fingerprint density at radius 2 is 1.48 bits per heavy atom. The van der Waals surface area contributed by atoms with Gasteiger partial charge in [0.1, 0.15) is 0 Å². The first-order valence-electron chi connectivity index (χ1n) is 9.92. The summed E-state index contributed by atoms with van der Waals surface area (Å²) in [6, 6.07) is 0. The molecule has 0 amide bonds. The SMILES string of the molecule is CC1CCC2C(CCC3C2CCC2(C)C3CCC2(C)C)C1. The van der Waals surface area contributed by atoms with Gasteiger partial charge in [0.05, 0.1) is 0 Å². The van der Waals surface area contributed by atoms with E-state index in [0.29, 0.717) is 10.8 Å². The molecule has 120 valence electrons. The Labute approximate surface area is 132 Å². The topological polar surface area (TPSA) is 0 Å². The summed E-state index contributed by atoms with van der Waals surface area (Å²) < 4.78 is 0. The molecular weight excluding hydrogens is 252 g/mol. The van der Waals surface area contributed by atoms with Gasteiger partial charge < -0.3 is 0 Å². The van der Waals surface area contributed by atoms with Crippen LogP contribution in [0.1, 0.15) is 85.5 Å². The van der Waals surface area contributed by atoms with Crippen LogP contribution >= 0.6 is 0 Å². The first-order chi connectivity index (χ1) is 9.92. The minimum Gasteiger partial charge on any atom is -0.0625 e. The highest BCUT2D eigenvalue weighted by molar-refractivity contribution is 5.08. The molecule has 0 aromatic heterocycles. The average Bonchev–Trinajstić information content (AvgIpc) is 2.69. The first kappa shape index (κ1) is 14.6. The van der Waals surface area contributed by atoms with E-state index in [4.69, 9.17) is 0 Å². The van der Waals surface area contributed by atoms with E-state index in [0.717, 1.165) is 35.5 Å². The van der Waals surface area contributed by atoms with Crippen LogP contribution in [0.4, 0.5) is 0 Å². The predicted molar refractivity (Wildman–Crippen MR) is 90.1 cm³/mol. The highest BCUT2D eigenvalue weighted by Gasteiger charge is 2.59. The summed E-state index contributed by atoms with van der Waals surface area (Å²) in [6.07, 6.45) is 13.9. The summed E-state index contributed by atoms with van der Waals surface area (Å²) in [5.41, 5.74) is 1.25. The predicted octanol–water partition coefficient (Wildman–Crippen LogP) is 6.30. The summed E-state index contributed by atoms with van der Waals surface area (Å²) >= 11 is 0. The van der Waals surface area contributed by atoms with Crippen molar-refractivity contribution >= 4 is 0 Å². The van der Waals surface area contributed by atoms with E-state index in [9.17, 15) is 0 Å². The zero-order valence-electron chi connectivity index (χ0n) is 14.8. The van der Waals surface area contributed by atoms with E-state index in [-0.39, 0.29) is 0 Å². The van der Waals surface area contributed by atoms with Crippen molar-refractivity contribution in [2.75, 3.05) is 0 Å². The van der Waals surface area contributed by atoms with Gasteiger partial charge in [0.15, 0.2) is 0 Å². The molecular formula is C21H36. The van der Waals surface area contributed by atoms with Gasteiger partial charge in [0.2, 0.25) is 0 Å². The van der Waals surface area contributed by atoms with Crippen molar-refractivity contribution in [3.8, 4) is 0 Å². The Kier molecular flexibility index (Phi) is 3.30. The minimum atomic E-state index is 0.598. The molecule has 0 radical (unpaired) electrons. The van der Waals surface area contributed by atoms with Crippen LogP contribution in [0, 0.1) is 46.3 Å². The van der Waals surface area contributed by atoms with E-state index in [1.807, 2.05) is 0 Å². The second-order valence-corrected chi connectivity index (χ2v) is 10.2. The maximum atomic E-state index is 2.66. The van der Waals surface area contributed by atoms with Crippen molar-refractivity contribution in [1.82, 2.24) is 0 Å². The summed E-state index contributed by atoms with van der Waals surface area (Å²) in [6.45, 7) is 10.3. The van der Waals surface area contributed by atoms with Crippen LogP contribution in [-0.4, -0.2) is 0 Å². The lowest BCUT2D eigenvalue weighted by atomic mass is 9.48. The minimum absolute atomic E-state index is 0.598. The van der Waals surface area contributed by atoms with Gasteiger partial charge in [-0.25, -0.2) is 0 Å². The molecule has 4 rings (SSSR count). The molecule has 0 spiro atoms. The normalized spacial score (nSPS) is 55.4.